The van der Waals surface area contributed by atoms with E-state index in [4.69, 9.17) is 5.73 Å². The smallest absolute Gasteiger partial charge is 0.132 e. The van der Waals surface area contributed by atoms with Crippen molar-refractivity contribution in [1.29, 1.82) is 0 Å². The van der Waals surface area contributed by atoms with Crippen LogP contribution in [0.3, 0.4) is 0 Å². The first-order valence-electron chi connectivity index (χ1n) is 7.34. The number of hydrogen-bond donors (Lipinski definition) is 1. The van der Waals surface area contributed by atoms with Gasteiger partial charge in [0.1, 0.15) is 5.82 Å². The fraction of sp³-hybridized carbons (Fsp3) is 0.438. The van der Waals surface area contributed by atoms with Crippen molar-refractivity contribution in [3.05, 3.63) is 41.8 Å². The Bertz CT molecular complexity index is 631. The molecule has 0 radical (unpaired) electrons. The molecule has 1 saturated heterocycles. The second kappa shape index (κ2) is 6.05. The van der Waals surface area contributed by atoms with Crippen LogP contribution in [0.4, 0.5) is 4.39 Å². The van der Waals surface area contributed by atoms with Crippen LogP contribution in [0.1, 0.15) is 5.56 Å². The molecule has 1 fully saturated rings. The summed E-state index contributed by atoms with van der Waals surface area (Å²) in [6, 6.07) is 7.27. The number of rotatable bonds is 3. The molecule has 3 rings (SSSR count). The third kappa shape index (κ3) is 2.90. The zero-order chi connectivity index (χ0) is 14.8. The summed E-state index contributed by atoms with van der Waals surface area (Å²) in [6.45, 7) is 4.39. The van der Waals surface area contributed by atoms with Crippen LogP contribution in [-0.4, -0.2) is 54.1 Å². The normalized spacial score (nSPS) is 21.0. The zero-order valence-corrected chi connectivity index (χ0v) is 12.3. The summed E-state index contributed by atoms with van der Waals surface area (Å²) in [6.07, 6.45) is 1.72. The molecule has 1 unspecified atom stereocenters. The molecule has 2 aromatic rings. The van der Waals surface area contributed by atoms with Crippen LogP contribution in [0, 0.1) is 5.82 Å². The highest BCUT2D eigenvalue weighted by molar-refractivity contribution is 5.82. The Balaban J connectivity index is 1.89. The number of nitrogens with two attached hydrogens (primary N) is 1. The fourth-order valence-corrected chi connectivity index (χ4v) is 3.02. The largest absolute Gasteiger partial charge is 0.329 e. The second-order valence-corrected chi connectivity index (χ2v) is 5.73. The summed E-state index contributed by atoms with van der Waals surface area (Å²) in [4.78, 5) is 9.04. The van der Waals surface area contributed by atoms with Crippen LogP contribution in [0.25, 0.3) is 10.9 Å². The zero-order valence-electron chi connectivity index (χ0n) is 12.3. The van der Waals surface area contributed by atoms with E-state index >= 15 is 0 Å². The minimum atomic E-state index is -0.212. The Labute approximate surface area is 124 Å². The Kier molecular flexibility index (Phi) is 4.14. The molecular formula is C16H21FN4. The molecule has 1 aliphatic rings. The molecule has 112 valence electrons. The number of hydrogen-bond acceptors (Lipinski definition) is 4. The monoisotopic (exact) mass is 288 g/mol. The average molecular weight is 288 g/mol. The molecule has 1 atom stereocenters. The Morgan fingerprint density at radius 3 is 3.00 bits per heavy atom. The molecule has 1 aromatic heterocycles. The number of halogens is 1. The van der Waals surface area contributed by atoms with Gasteiger partial charge in [0.2, 0.25) is 0 Å². The first-order chi connectivity index (χ1) is 10.2. The average Bonchev–Trinajstić information content (AvgIpc) is 2.52. The summed E-state index contributed by atoms with van der Waals surface area (Å²) >= 11 is 0. The fourth-order valence-electron chi connectivity index (χ4n) is 3.02. The van der Waals surface area contributed by atoms with E-state index < -0.39 is 0 Å². The molecule has 0 amide bonds. The number of aromatic nitrogens is 1. The van der Waals surface area contributed by atoms with E-state index in [-0.39, 0.29) is 5.82 Å². The molecule has 0 spiro atoms. The number of fused-ring (bicyclic) bond motifs is 1. The van der Waals surface area contributed by atoms with Gasteiger partial charge in [0.15, 0.2) is 0 Å². The van der Waals surface area contributed by atoms with E-state index in [2.05, 4.69) is 21.8 Å². The van der Waals surface area contributed by atoms with Gasteiger partial charge in [-0.2, -0.15) is 0 Å². The lowest BCUT2D eigenvalue weighted by Crippen LogP contribution is -2.54. The van der Waals surface area contributed by atoms with Crippen molar-refractivity contribution in [2.75, 3.05) is 33.2 Å². The maximum atomic E-state index is 13.9. The van der Waals surface area contributed by atoms with Crippen LogP contribution >= 0.6 is 0 Å². The van der Waals surface area contributed by atoms with Gasteiger partial charge < -0.3 is 10.6 Å². The lowest BCUT2D eigenvalue weighted by Gasteiger charge is -2.39. The van der Waals surface area contributed by atoms with Crippen LogP contribution in [-0.2, 0) is 6.54 Å². The predicted octanol–water partition coefficient (Wildman–Crippen LogP) is 1.45. The molecule has 4 nitrogen and oxygen atoms in total. The molecule has 1 aromatic carbocycles. The minimum absolute atomic E-state index is 0.212. The van der Waals surface area contributed by atoms with Gasteiger partial charge in [-0.05, 0) is 30.8 Å². The van der Waals surface area contributed by atoms with E-state index in [1.807, 2.05) is 6.07 Å². The van der Waals surface area contributed by atoms with E-state index in [0.717, 1.165) is 37.3 Å². The number of likely N-dealkylation sites (N-methyl/N-ethyl adjacent to an activating group) is 1. The summed E-state index contributed by atoms with van der Waals surface area (Å²) in [7, 11) is 2.12. The minimum Gasteiger partial charge on any atom is -0.329 e. The van der Waals surface area contributed by atoms with Gasteiger partial charge in [-0.15, -0.1) is 0 Å². The van der Waals surface area contributed by atoms with Gasteiger partial charge in [0.05, 0.1) is 5.52 Å². The second-order valence-electron chi connectivity index (χ2n) is 5.73. The maximum Gasteiger partial charge on any atom is 0.132 e. The van der Waals surface area contributed by atoms with Crippen molar-refractivity contribution in [3.8, 4) is 0 Å². The molecule has 1 aliphatic heterocycles. The highest BCUT2D eigenvalue weighted by Crippen LogP contribution is 2.22. The lowest BCUT2D eigenvalue weighted by molar-refractivity contribution is 0.0884. The first kappa shape index (κ1) is 14.4. The Morgan fingerprint density at radius 2 is 2.19 bits per heavy atom. The topological polar surface area (TPSA) is 45.4 Å². The highest BCUT2D eigenvalue weighted by Gasteiger charge is 2.24. The number of nitrogens with zero attached hydrogens (tertiary/aromatic N) is 3. The number of pyridine rings is 1. The van der Waals surface area contributed by atoms with Crippen molar-refractivity contribution >= 4 is 10.9 Å². The summed E-state index contributed by atoms with van der Waals surface area (Å²) < 4.78 is 13.9. The van der Waals surface area contributed by atoms with Crippen LogP contribution in [0.15, 0.2) is 30.5 Å². The lowest BCUT2D eigenvalue weighted by atomic mass is 10.1. The van der Waals surface area contributed by atoms with Gasteiger partial charge in [0, 0.05) is 50.3 Å². The highest BCUT2D eigenvalue weighted by atomic mass is 19.1. The van der Waals surface area contributed by atoms with E-state index in [1.54, 1.807) is 18.3 Å². The van der Waals surface area contributed by atoms with E-state index in [0.29, 0.717) is 18.0 Å². The summed E-state index contributed by atoms with van der Waals surface area (Å²) in [5, 5.41) is 0.591. The van der Waals surface area contributed by atoms with Gasteiger partial charge in [0.25, 0.3) is 0 Å². The van der Waals surface area contributed by atoms with Crippen LogP contribution < -0.4 is 5.73 Å². The molecule has 0 aliphatic carbocycles. The number of piperazine rings is 1. The third-order valence-electron chi connectivity index (χ3n) is 4.25. The van der Waals surface area contributed by atoms with Crippen molar-refractivity contribution < 1.29 is 4.39 Å². The number of benzene rings is 1. The first-order valence-corrected chi connectivity index (χ1v) is 7.34. The maximum absolute atomic E-state index is 13.9. The summed E-state index contributed by atoms with van der Waals surface area (Å²) in [5.74, 6) is -0.212. The van der Waals surface area contributed by atoms with E-state index in [1.165, 1.54) is 6.07 Å². The van der Waals surface area contributed by atoms with E-state index in [9.17, 15) is 4.39 Å². The van der Waals surface area contributed by atoms with Crippen molar-refractivity contribution in [2.24, 2.45) is 5.73 Å². The standard InChI is InChI=1S/C16H21FN4/c1-20-7-8-21(13(9-18)11-20)10-12-4-5-15(17)14-3-2-6-19-16(12)14/h2-6,13H,7-11,18H2,1H3. The Hall–Kier alpha value is -1.56. The molecule has 21 heavy (non-hydrogen) atoms. The molecule has 5 heteroatoms. The molecule has 0 bridgehead atoms. The van der Waals surface area contributed by atoms with Crippen molar-refractivity contribution in [2.45, 2.75) is 12.6 Å². The van der Waals surface area contributed by atoms with Gasteiger partial charge in [-0.25, -0.2) is 4.39 Å². The van der Waals surface area contributed by atoms with Gasteiger partial charge in [-0.3, -0.25) is 9.88 Å². The molecule has 2 N–H and O–H groups in total. The molecular weight excluding hydrogens is 267 g/mol. The van der Waals surface area contributed by atoms with Crippen LogP contribution in [0.5, 0.6) is 0 Å². The predicted molar refractivity (Wildman–Crippen MR) is 82.5 cm³/mol. The SMILES string of the molecule is CN1CCN(Cc2ccc(F)c3cccnc23)C(CN)C1. The molecule has 0 saturated carbocycles. The van der Waals surface area contributed by atoms with Crippen molar-refractivity contribution in [3.63, 3.8) is 0 Å². The Morgan fingerprint density at radius 1 is 1.33 bits per heavy atom. The van der Waals surface area contributed by atoms with Gasteiger partial charge >= 0.3 is 0 Å². The summed E-state index contributed by atoms with van der Waals surface area (Å²) in [5.41, 5.74) is 7.72. The quantitative estimate of drug-likeness (QED) is 0.928. The molecule has 2 heterocycles. The van der Waals surface area contributed by atoms with Crippen molar-refractivity contribution in [1.82, 2.24) is 14.8 Å². The third-order valence-corrected chi connectivity index (χ3v) is 4.25. The van der Waals surface area contributed by atoms with Crippen LogP contribution in [0.2, 0.25) is 0 Å². The van der Waals surface area contributed by atoms with Gasteiger partial charge in [-0.1, -0.05) is 6.07 Å².